The third-order valence-corrected chi connectivity index (χ3v) is 3.95. The van der Waals surface area contributed by atoms with Crippen molar-refractivity contribution < 1.29 is 0 Å². The third kappa shape index (κ3) is 3.23. The average molecular weight is 297 g/mol. The molecule has 1 heterocycles. The molecule has 21 heavy (non-hydrogen) atoms. The fraction of sp³-hybridized carbons (Fsp3) is 0.167. The van der Waals surface area contributed by atoms with Crippen molar-refractivity contribution >= 4 is 22.4 Å². The van der Waals surface area contributed by atoms with Gasteiger partial charge in [0.2, 0.25) is 0 Å². The van der Waals surface area contributed by atoms with Crippen LogP contribution in [0.5, 0.6) is 0 Å². The number of pyridine rings is 1. The van der Waals surface area contributed by atoms with Crippen LogP contribution in [0.4, 0.5) is 0 Å². The first kappa shape index (κ1) is 14.1. The van der Waals surface area contributed by atoms with Crippen LogP contribution in [0.25, 0.3) is 10.8 Å². The molecule has 0 unspecified atom stereocenters. The average Bonchev–Trinajstić information content (AvgIpc) is 2.52. The van der Waals surface area contributed by atoms with E-state index < -0.39 is 0 Å². The fourth-order valence-electron chi connectivity index (χ4n) is 2.50. The Morgan fingerprint density at radius 1 is 1.14 bits per heavy atom. The van der Waals surface area contributed by atoms with Crippen molar-refractivity contribution in [1.29, 1.82) is 0 Å². The van der Waals surface area contributed by atoms with Crippen LogP contribution in [0.2, 0.25) is 5.02 Å². The number of nitrogens with zero attached hydrogens (tertiary/aromatic N) is 1. The quantitative estimate of drug-likeness (QED) is 0.752. The summed E-state index contributed by atoms with van der Waals surface area (Å²) in [5.74, 6) is 0. The second kappa shape index (κ2) is 6.25. The number of benzene rings is 2. The number of halogens is 1. The summed E-state index contributed by atoms with van der Waals surface area (Å²) in [6, 6.07) is 16.6. The molecule has 1 aromatic heterocycles. The van der Waals surface area contributed by atoms with Gasteiger partial charge in [0, 0.05) is 35.4 Å². The molecule has 3 rings (SSSR count). The molecule has 2 aromatic carbocycles. The highest BCUT2D eigenvalue weighted by molar-refractivity contribution is 6.30. The van der Waals surface area contributed by atoms with E-state index in [1.165, 1.54) is 21.9 Å². The Bertz CT molecular complexity index is 750. The zero-order valence-corrected chi connectivity index (χ0v) is 12.6. The Hall–Kier alpha value is -1.90. The summed E-state index contributed by atoms with van der Waals surface area (Å²) in [6.45, 7) is 2.97. The van der Waals surface area contributed by atoms with Gasteiger partial charge in [-0.1, -0.05) is 41.9 Å². The van der Waals surface area contributed by atoms with Crippen molar-refractivity contribution in [3.63, 3.8) is 0 Å². The fourth-order valence-corrected chi connectivity index (χ4v) is 2.70. The van der Waals surface area contributed by atoms with Crippen LogP contribution < -0.4 is 5.32 Å². The van der Waals surface area contributed by atoms with Gasteiger partial charge < -0.3 is 5.32 Å². The van der Waals surface area contributed by atoms with Gasteiger partial charge in [-0.25, -0.2) is 0 Å². The summed E-state index contributed by atoms with van der Waals surface area (Å²) in [5.41, 5.74) is 2.48. The first-order chi connectivity index (χ1) is 10.2. The molecular formula is C18H17ClN2. The zero-order chi connectivity index (χ0) is 14.7. The first-order valence-corrected chi connectivity index (χ1v) is 7.42. The molecule has 0 radical (unpaired) electrons. The molecule has 0 bridgehead atoms. The molecule has 0 aliphatic heterocycles. The molecule has 0 aliphatic carbocycles. The Kier molecular flexibility index (Phi) is 4.18. The normalized spacial score (nSPS) is 12.5. The predicted octanol–water partition coefficient (Wildman–Crippen LogP) is 4.74. The second-order valence-electron chi connectivity index (χ2n) is 5.17. The number of rotatable bonds is 4. The van der Waals surface area contributed by atoms with Crippen molar-refractivity contribution in [3.05, 3.63) is 77.1 Å². The van der Waals surface area contributed by atoms with Crippen molar-refractivity contribution in [1.82, 2.24) is 10.3 Å². The molecule has 3 heteroatoms. The number of fused-ring (bicyclic) bond motifs is 1. The minimum atomic E-state index is 0.251. The topological polar surface area (TPSA) is 24.9 Å². The smallest absolute Gasteiger partial charge is 0.0409 e. The van der Waals surface area contributed by atoms with E-state index in [1.54, 1.807) is 0 Å². The van der Waals surface area contributed by atoms with E-state index >= 15 is 0 Å². The van der Waals surface area contributed by atoms with E-state index in [0.29, 0.717) is 0 Å². The van der Waals surface area contributed by atoms with E-state index in [9.17, 15) is 0 Å². The molecule has 3 aromatic rings. The van der Waals surface area contributed by atoms with Crippen LogP contribution in [-0.2, 0) is 6.54 Å². The van der Waals surface area contributed by atoms with E-state index in [1.807, 2.05) is 30.6 Å². The lowest BCUT2D eigenvalue weighted by Gasteiger charge is -2.15. The molecule has 1 atom stereocenters. The number of hydrogen-bond acceptors (Lipinski definition) is 2. The standard InChI is InChI=1S/C18H17ClN2/c1-13(14-4-3-7-17(19)10-14)21-12-16-6-2-5-15-11-20-9-8-18(15)16/h2-11,13,21H,12H2,1H3/t13-/m0/s1. The van der Waals surface area contributed by atoms with Gasteiger partial charge in [-0.3, -0.25) is 4.98 Å². The lowest BCUT2D eigenvalue weighted by atomic mass is 10.1. The van der Waals surface area contributed by atoms with E-state index in [2.05, 4.69) is 47.6 Å². The van der Waals surface area contributed by atoms with E-state index in [4.69, 9.17) is 11.6 Å². The third-order valence-electron chi connectivity index (χ3n) is 3.72. The molecule has 106 valence electrons. The van der Waals surface area contributed by atoms with Gasteiger partial charge in [0.15, 0.2) is 0 Å². The van der Waals surface area contributed by atoms with Gasteiger partial charge >= 0.3 is 0 Å². The van der Waals surface area contributed by atoms with Gasteiger partial charge in [0.25, 0.3) is 0 Å². The second-order valence-corrected chi connectivity index (χ2v) is 5.61. The molecule has 0 amide bonds. The summed E-state index contributed by atoms with van der Waals surface area (Å²) >= 11 is 6.05. The van der Waals surface area contributed by atoms with Gasteiger partial charge in [0.1, 0.15) is 0 Å². The highest BCUT2D eigenvalue weighted by Gasteiger charge is 2.06. The number of hydrogen-bond donors (Lipinski definition) is 1. The van der Waals surface area contributed by atoms with Crippen molar-refractivity contribution in [3.8, 4) is 0 Å². The Morgan fingerprint density at radius 3 is 2.86 bits per heavy atom. The maximum atomic E-state index is 6.05. The summed E-state index contributed by atoms with van der Waals surface area (Å²) in [6.07, 6.45) is 3.74. The van der Waals surface area contributed by atoms with Crippen molar-refractivity contribution in [2.45, 2.75) is 19.5 Å². The van der Waals surface area contributed by atoms with Crippen LogP contribution in [0, 0.1) is 0 Å². The van der Waals surface area contributed by atoms with Crippen LogP contribution in [-0.4, -0.2) is 4.98 Å². The number of aromatic nitrogens is 1. The van der Waals surface area contributed by atoms with Crippen LogP contribution in [0.15, 0.2) is 60.9 Å². The summed E-state index contributed by atoms with van der Waals surface area (Å²) in [7, 11) is 0. The Labute approximate surface area is 129 Å². The van der Waals surface area contributed by atoms with E-state index in [-0.39, 0.29) is 6.04 Å². The van der Waals surface area contributed by atoms with Gasteiger partial charge in [-0.05, 0) is 41.6 Å². The van der Waals surface area contributed by atoms with Crippen molar-refractivity contribution in [2.75, 3.05) is 0 Å². The predicted molar refractivity (Wildman–Crippen MR) is 88.4 cm³/mol. The molecule has 0 aliphatic rings. The maximum Gasteiger partial charge on any atom is 0.0409 e. The SMILES string of the molecule is C[C@H](NCc1cccc2cnccc12)c1cccc(Cl)c1. The molecular weight excluding hydrogens is 280 g/mol. The molecule has 0 spiro atoms. The highest BCUT2D eigenvalue weighted by atomic mass is 35.5. The molecule has 0 saturated heterocycles. The minimum absolute atomic E-state index is 0.251. The molecule has 0 fully saturated rings. The minimum Gasteiger partial charge on any atom is -0.306 e. The van der Waals surface area contributed by atoms with Gasteiger partial charge in [-0.2, -0.15) is 0 Å². The van der Waals surface area contributed by atoms with Crippen LogP contribution >= 0.6 is 11.6 Å². The summed E-state index contributed by atoms with van der Waals surface area (Å²) < 4.78 is 0. The molecule has 2 nitrogen and oxygen atoms in total. The van der Waals surface area contributed by atoms with Gasteiger partial charge in [-0.15, -0.1) is 0 Å². The highest BCUT2D eigenvalue weighted by Crippen LogP contribution is 2.20. The zero-order valence-electron chi connectivity index (χ0n) is 11.9. The lowest BCUT2D eigenvalue weighted by Crippen LogP contribution is -2.18. The Morgan fingerprint density at radius 2 is 2.00 bits per heavy atom. The van der Waals surface area contributed by atoms with Gasteiger partial charge in [0.05, 0.1) is 0 Å². The monoisotopic (exact) mass is 296 g/mol. The van der Waals surface area contributed by atoms with Crippen LogP contribution in [0.1, 0.15) is 24.1 Å². The summed E-state index contributed by atoms with van der Waals surface area (Å²) in [5, 5.41) is 6.75. The largest absolute Gasteiger partial charge is 0.306 e. The van der Waals surface area contributed by atoms with Crippen LogP contribution in [0.3, 0.4) is 0 Å². The number of nitrogens with one attached hydrogen (secondary N) is 1. The summed E-state index contributed by atoms with van der Waals surface area (Å²) in [4.78, 5) is 4.17. The van der Waals surface area contributed by atoms with E-state index in [0.717, 1.165) is 11.6 Å². The lowest BCUT2D eigenvalue weighted by molar-refractivity contribution is 0.576. The maximum absolute atomic E-state index is 6.05. The van der Waals surface area contributed by atoms with Crippen molar-refractivity contribution in [2.24, 2.45) is 0 Å². The Balaban J connectivity index is 1.77. The first-order valence-electron chi connectivity index (χ1n) is 7.04. The molecule has 0 saturated carbocycles. The molecule has 1 N–H and O–H groups in total.